The molecule has 0 N–H and O–H groups in total. The summed E-state index contributed by atoms with van der Waals surface area (Å²) in [5.74, 6) is 0. The molecule has 13 rings (SSSR count). The quantitative estimate of drug-likeness (QED) is 0.174. The lowest BCUT2D eigenvalue weighted by atomic mass is 9.85. The highest BCUT2D eigenvalue weighted by Gasteiger charge is 2.29. The molecule has 0 aliphatic heterocycles. The highest BCUT2D eigenvalue weighted by atomic mass is 15.2. The van der Waals surface area contributed by atoms with Crippen molar-refractivity contribution in [3.8, 4) is 0 Å². The summed E-state index contributed by atoms with van der Waals surface area (Å²) in [6.07, 6.45) is 0. The van der Waals surface area contributed by atoms with Gasteiger partial charge in [0.25, 0.3) is 0 Å². The monoisotopic (exact) mass is 783 g/mol. The Balaban J connectivity index is 1.27. The second-order valence-electron chi connectivity index (χ2n) is 19.4. The molecule has 3 nitrogen and oxygen atoms in total. The van der Waals surface area contributed by atoms with Gasteiger partial charge in [-0.05, 0) is 116 Å². The summed E-state index contributed by atoms with van der Waals surface area (Å²) in [6.45, 7) is 14.0. The van der Waals surface area contributed by atoms with Crippen LogP contribution < -0.4 is 4.90 Å². The van der Waals surface area contributed by atoms with Crippen LogP contribution in [0.2, 0.25) is 0 Å². The van der Waals surface area contributed by atoms with E-state index in [1.54, 1.807) is 0 Å². The Labute approximate surface area is 354 Å². The van der Waals surface area contributed by atoms with Gasteiger partial charge >= 0.3 is 0 Å². The zero-order valence-corrected chi connectivity index (χ0v) is 35.4. The second kappa shape index (κ2) is 11.8. The number of anilines is 3. The van der Waals surface area contributed by atoms with Crippen LogP contribution in [0.1, 0.15) is 52.7 Å². The van der Waals surface area contributed by atoms with E-state index < -0.39 is 0 Å². The summed E-state index contributed by atoms with van der Waals surface area (Å²) >= 11 is 0. The van der Waals surface area contributed by atoms with E-state index in [0.717, 1.165) is 11.4 Å². The lowest BCUT2D eigenvalue weighted by Crippen LogP contribution is -2.11. The summed E-state index contributed by atoms with van der Waals surface area (Å²) in [7, 11) is 0. The Bertz CT molecular complexity index is 3890. The number of benzene rings is 9. The van der Waals surface area contributed by atoms with Crippen LogP contribution in [0, 0.1) is 0 Å². The van der Waals surface area contributed by atoms with E-state index in [-0.39, 0.29) is 10.8 Å². The molecule has 13 aromatic rings. The van der Waals surface area contributed by atoms with Gasteiger partial charge in [-0.25, -0.2) is 0 Å². The van der Waals surface area contributed by atoms with Crippen LogP contribution in [0.5, 0.6) is 0 Å². The molecule has 0 radical (unpaired) electrons. The molecule has 292 valence electrons. The molecular weight excluding hydrogens is 739 g/mol. The molecule has 0 aliphatic carbocycles. The van der Waals surface area contributed by atoms with E-state index in [0.29, 0.717) is 0 Å². The maximum absolute atomic E-state index is 2.63. The molecular formula is C58H45N3. The highest BCUT2D eigenvalue weighted by molar-refractivity contribution is 6.35. The number of para-hydroxylation sites is 2. The third-order valence-corrected chi connectivity index (χ3v) is 13.8. The second-order valence-corrected chi connectivity index (χ2v) is 19.4. The normalized spacial score (nSPS) is 13.1. The average Bonchev–Trinajstić information content (AvgIpc) is 3.98. The third-order valence-electron chi connectivity index (χ3n) is 13.8. The lowest BCUT2D eigenvalue weighted by Gasteiger charge is -2.27. The molecule has 0 saturated heterocycles. The molecule has 0 spiro atoms. The van der Waals surface area contributed by atoms with Crippen molar-refractivity contribution in [2.24, 2.45) is 0 Å². The SMILES string of the molecule is CC(C)(C)c1ccc2c(c1)c1c3ccccc3cc3c4cc5c(cc4n2c31)c1cc(C(C)(C)C)cc2c3c4ccccc4cc(N(c4ccccc4)c4ccccc4)c3n5c12. The Kier molecular flexibility index (Phi) is 6.72. The van der Waals surface area contributed by atoms with Crippen molar-refractivity contribution in [1.29, 1.82) is 0 Å². The largest absolute Gasteiger partial charge is 0.308 e. The van der Waals surface area contributed by atoms with E-state index in [9.17, 15) is 0 Å². The van der Waals surface area contributed by atoms with Gasteiger partial charge in [-0.15, -0.1) is 0 Å². The van der Waals surface area contributed by atoms with Crippen molar-refractivity contribution in [1.82, 2.24) is 8.80 Å². The van der Waals surface area contributed by atoms with Gasteiger partial charge in [-0.2, -0.15) is 0 Å². The first-order chi connectivity index (χ1) is 29.5. The van der Waals surface area contributed by atoms with Gasteiger partial charge in [0.15, 0.2) is 0 Å². The minimum atomic E-state index is -0.0595. The van der Waals surface area contributed by atoms with Crippen LogP contribution >= 0.6 is 0 Å². The topological polar surface area (TPSA) is 12.1 Å². The average molecular weight is 784 g/mol. The smallest absolute Gasteiger partial charge is 0.0789 e. The van der Waals surface area contributed by atoms with Crippen LogP contribution in [-0.4, -0.2) is 8.80 Å². The minimum absolute atomic E-state index is 0.0410. The predicted octanol–water partition coefficient (Wildman–Crippen LogP) is 16.4. The van der Waals surface area contributed by atoms with E-state index in [4.69, 9.17) is 0 Å². The standard InChI is InChI=1S/C58H45N3/c1-57(2,3)36-25-26-48-46(29-36)52-40-23-15-13-17-34(40)27-44-42-33-50-43(32-49(42)60(48)55(44)52)45-30-37(58(4,5)6)31-47-53-41-24-16-14-18-35(41)28-51(56(53)61(50)54(45)47)59(38-19-9-7-10-20-38)39-21-11-8-12-22-39/h7-33H,1-6H3. The van der Waals surface area contributed by atoms with E-state index in [1.165, 1.54) is 115 Å². The molecule has 0 fully saturated rings. The molecule has 9 aromatic carbocycles. The summed E-state index contributed by atoms with van der Waals surface area (Å²) < 4.78 is 5.21. The first-order valence-corrected chi connectivity index (χ1v) is 21.7. The molecule has 0 bridgehead atoms. The maximum Gasteiger partial charge on any atom is 0.0789 e. The van der Waals surface area contributed by atoms with E-state index in [2.05, 4.69) is 219 Å². The molecule has 0 atom stereocenters. The number of rotatable bonds is 3. The molecule has 4 heterocycles. The van der Waals surface area contributed by atoms with Gasteiger partial charge in [-0.3, -0.25) is 0 Å². The molecule has 0 aliphatic rings. The fourth-order valence-corrected chi connectivity index (χ4v) is 10.8. The fraction of sp³-hybridized carbons (Fsp3) is 0.138. The van der Waals surface area contributed by atoms with E-state index >= 15 is 0 Å². The van der Waals surface area contributed by atoms with Crippen LogP contribution in [0.15, 0.2) is 164 Å². The number of aromatic nitrogens is 2. The van der Waals surface area contributed by atoms with Crippen molar-refractivity contribution in [2.75, 3.05) is 4.90 Å². The minimum Gasteiger partial charge on any atom is -0.308 e. The van der Waals surface area contributed by atoms with Gasteiger partial charge in [-0.1, -0.05) is 133 Å². The molecule has 0 amide bonds. The predicted molar refractivity (Wildman–Crippen MR) is 263 cm³/mol. The van der Waals surface area contributed by atoms with Gasteiger partial charge in [0.05, 0.1) is 38.8 Å². The first-order valence-electron chi connectivity index (χ1n) is 21.7. The number of nitrogens with zero attached hydrogens (tertiary/aromatic N) is 3. The molecule has 0 unspecified atom stereocenters. The summed E-state index contributed by atoms with van der Waals surface area (Å²) in [4.78, 5) is 2.46. The van der Waals surface area contributed by atoms with Crippen LogP contribution in [0.4, 0.5) is 17.1 Å². The van der Waals surface area contributed by atoms with Crippen molar-refractivity contribution in [3.05, 3.63) is 175 Å². The zero-order chi connectivity index (χ0) is 41.1. The Morgan fingerprint density at radius 3 is 1.48 bits per heavy atom. The summed E-state index contributed by atoms with van der Waals surface area (Å²) in [5.41, 5.74) is 13.7. The van der Waals surface area contributed by atoms with Gasteiger partial charge in [0.1, 0.15) is 0 Å². The zero-order valence-electron chi connectivity index (χ0n) is 35.4. The summed E-state index contributed by atoms with van der Waals surface area (Å²) in [6, 6.07) is 61.8. The number of fused-ring (bicyclic) bond motifs is 16. The Morgan fingerprint density at radius 1 is 0.344 bits per heavy atom. The van der Waals surface area contributed by atoms with Gasteiger partial charge < -0.3 is 13.7 Å². The van der Waals surface area contributed by atoms with Crippen LogP contribution in [0.25, 0.3) is 97.7 Å². The van der Waals surface area contributed by atoms with Crippen LogP contribution in [0.3, 0.4) is 0 Å². The van der Waals surface area contributed by atoms with Crippen molar-refractivity contribution in [3.63, 3.8) is 0 Å². The van der Waals surface area contributed by atoms with Crippen molar-refractivity contribution in [2.45, 2.75) is 52.4 Å². The highest BCUT2D eigenvalue weighted by Crippen LogP contribution is 2.51. The maximum atomic E-state index is 2.63. The van der Waals surface area contributed by atoms with Crippen LogP contribution in [-0.2, 0) is 10.8 Å². The molecule has 3 heteroatoms. The third kappa shape index (κ3) is 4.64. The molecule has 0 saturated carbocycles. The van der Waals surface area contributed by atoms with Gasteiger partial charge in [0.2, 0.25) is 0 Å². The number of hydrogen-bond donors (Lipinski definition) is 0. The Morgan fingerprint density at radius 2 is 0.852 bits per heavy atom. The molecule has 61 heavy (non-hydrogen) atoms. The summed E-state index contributed by atoms with van der Waals surface area (Å²) in [5, 5.41) is 15.6. The lowest BCUT2D eigenvalue weighted by molar-refractivity contribution is 0.591. The van der Waals surface area contributed by atoms with E-state index in [1.807, 2.05) is 0 Å². The Hall–Kier alpha value is -7.10. The van der Waals surface area contributed by atoms with Crippen molar-refractivity contribution < 1.29 is 0 Å². The van der Waals surface area contributed by atoms with Crippen molar-refractivity contribution >= 4 is 115 Å². The van der Waals surface area contributed by atoms with Gasteiger partial charge in [0, 0.05) is 54.5 Å². The fourth-order valence-electron chi connectivity index (χ4n) is 10.8. The molecule has 4 aromatic heterocycles. The number of hydrogen-bond acceptors (Lipinski definition) is 1. The first kappa shape index (κ1) is 34.7.